The SMILES string of the molecule is CCN1CCN(C(=O)c2ccc(N3CCC(NCCCOC(C)C)CC3)cc2)CC1. The molecule has 6 nitrogen and oxygen atoms in total. The van der Waals surface area contributed by atoms with Crippen LogP contribution in [0.3, 0.4) is 0 Å². The summed E-state index contributed by atoms with van der Waals surface area (Å²) in [5.41, 5.74) is 2.04. The summed E-state index contributed by atoms with van der Waals surface area (Å²) in [6, 6.07) is 8.84. The Hall–Kier alpha value is -1.63. The Bertz CT molecular complexity index is 633. The lowest BCUT2D eigenvalue weighted by Crippen LogP contribution is -2.48. The summed E-state index contributed by atoms with van der Waals surface area (Å²) in [4.78, 5) is 19.6. The third-order valence-electron chi connectivity index (χ3n) is 6.29. The molecule has 1 aromatic rings. The Morgan fingerprint density at radius 1 is 1.07 bits per heavy atom. The number of nitrogens with one attached hydrogen (secondary N) is 1. The summed E-state index contributed by atoms with van der Waals surface area (Å²) in [6.45, 7) is 15.0. The molecule has 2 aliphatic heterocycles. The van der Waals surface area contributed by atoms with Crippen LogP contribution in [0.15, 0.2) is 24.3 Å². The molecule has 0 aliphatic carbocycles. The molecule has 168 valence electrons. The number of nitrogens with zero attached hydrogens (tertiary/aromatic N) is 3. The van der Waals surface area contributed by atoms with Gasteiger partial charge in [0.2, 0.25) is 0 Å². The molecule has 6 heteroatoms. The fourth-order valence-electron chi connectivity index (χ4n) is 4.30. The van der Waals surface area contributed by atoms with Crippen LogP contribution in [0.25, 0.3) is 0 Å². The predicted molar refractivity (Wildman–Crippen MR) is 123 cm³/mol. The highest BCUT2D eigenvalue weighted by Gasteiger charge is 2.22. The Morgan fingerprint density at radius 3 is 2.33 bits per heavy atom. The average molecular weight is 417 g/mol. The van der Waals surface area contributed by atoms with Crippen LogP contribution in [0, 0.1) is 0 Å². The number of rotatable bonds is 9. The lowest BCUT2D eigenvalue weighted by molar-refractivity contribution is 0.0643. The van der Waals surface area contributed by atoms with Gasteiger partial charge in [-0.05, 0) is 70.5 Å². The first-order valence-corrected chi connectivity index (χ1v) is 11.8. The van der Waals surface area contributed by atoms with Crippen molar-refractivity contribution in [2.24, 2.45) is 0 Å². The number of hydrogen-bond acceptors (Lipinski definition) is 5. The van der Waals surface area contributed by atoms with Crippen LogP contribution in [-0.4, -0.2) is 86.8 Å². The smallest absolute Gasteiger partial charge is 0.253 e. The number of carbonyl (C=O) groups excluding carboxylic acids is 1. The monoisotopic (exact) mass is 416 g/mol. The van der Waals surface area contributed by atoms with Crippen LogP contribution < -0.4 is 10.2 Å². The maximum absolute atomic E-state index is 12.8. The van der Waals surface area contributed by atoms with Gasteiger partial charge in [-0.1, -0.05) is 6.92 Å². The highest BCUT2D eigenvalue weighted by Crippen LogP contribution is 2.21. The van der Waals surface area contributed by atoms with E-state index >= 15 is 0 Å². The van der Waals surface area contributed by atoms with Gasteiger partial charge in [-0.2, -0.15) is 0 Å². The lowest BCUT2D eigenvalue weighted by Gasteiger charge is -2.35. The first-order valence-electron chi connectivity index (χ1n) is 11.8. The molecule has 0 radical (unpaired) electrons. The maximum atomic E-state index is 12.8. The van der Waals surface area contributed by atoms with E-state index in [4.69, 9.17) is 4.74 Å². The number of likely N-dealkylation sites (N-methyl/N-ethyl adjacent to an activating group) is 1. The van der Waals surface area contributed by atoms with E-state index in [1.54, 1.807) is 0 Å². The largest absolute Gasteiger partial charge is 0.379 e. The summed E-state index contributed by atoms with van der Waals surface area (Å²) >= 11 is 0. The normalized spacial score (nSPS) is 18.9. The fraction of sp³-hybridized carbons (Fsp3) is 0.708. The molecule has 1 N–H and O–H groups in total. The van der Waals surface area contributed by atoms with Crippen LogP contribution >= 0.6 is 0 Å². The summed E-state index contributed by atoms with van der Waals surface area (Å²) in [6.07, 6.45) is 3.71. The van der Waals surface area contributed by atoms with Crippen molar-refractivity contribution in [2.45, 2.75) is 52.2 Å². The highest BCUT2D eigenvalue weighted by molar-refractivity contribution is 5.94. The van der Waals surface area contributed by atoms with Gasteiger partial charge in [0.05, 0.1) is 6.10 Å². The van der Waals surface area contributed by atoms with Crippen molar-refractivity contribution in [3.8, 4) is 0 Å². The molecule has 2 fully saturated rings. The van der Waals surface area contributed by atoms with Crippen molar-refractivity contribution in [1.29, 1.82) is 0 Å². The van der Waals surface area contributed by atoms with Gasteiger partial charge in [0, 0.05) is 63.2 Å². The van der Waals surface area contributed by atoms with E-state index in [2.05, 4.69) is 48.0 Å². The van der Waals surface area contributed by atoms with Crippen molar-refractivity contribution >= 4 is 11.6 Å². The van der Waals surface area contributed by atoms with Gasteiger partial charge in [0.15, 0.2) is 0 Å². The molecular formula is C24H40N4O2. The van der Waals surface area contributed by atoms with Gasteiger partial charge in [-0.25, -0.2) is 0 Å². The average Bonchev–Trinajstić information content (AvgIpc) is 2.79. The second-order valence-electron chi connectivity index (χ2n) is 8.76. The van der Waals surface area contributed by atoms with Gasteiger partial charge in [-0.15, -0.1) is 0 Å². The van der Waals surface area contributed by atoms with Crippen LogP contribution in [0.1, 0.15) is 50.4 Å². The van der Waals surface area contributed by atoms with Gasteiger partial charge in [0.25, 0.3) is 5.91 Å². The van der Waals surface area contributed by atoms with E-state index in [-0.39, 0.29) is 5.91 Å². The molecule has 2 aliphatic rings. The molecule has 0 unspecified atom stereocenters. The molecule has 2 saturated heterocycles. The summed E-state index contributed by atoms with van der Waals surface area (Å²) in [5.74, 6) is 0.168. The molecule has 0 saturated carbocycles. The minimum absolute atomic E-state index is 0.168. The molecule has 0 spiro atoms. The van der Waals surface area contributed by atoms with Crippen LogP contribution in [0.2, 0.25) is 0 Å². The van der Waals surface area contributed by atoms with Crippen molar-refractivity contribution in [2.75, 3.05) is 63.9 Å². The van der Waals surface area contributed by atoms with Crippen LogP contribution in [0.5, 0.6) is 0 Å². The molecule has 1 aromatic carbocycles. The van der Waals surface area contributed by atoms with Crippen molar-refractivity contribution in [1.82, 2.24) is 15.1 Å². The van der Waals surface area contributed by atoms with Gasteiger partial charge < -0.3 is 24.8 Å². The first-order chi connectivity index (χ1) is 14.6. The first kappa shape index (κ1) is 23.0. The zero-order chi connectivity index (χ0) is 21.3. The fourth-order valence-corrected chi connectivity index (χ4v) is 4.30. The summed E-state index contributed by atoms with van der Waals surface area (Å²) < 4.78 is 5.60. The Balaban J connectivity index is 1.40. The number of hydrogen-bond donors (Lipinski definition) is 1. The molecule has 2 heterocycles. The zero-order valence-electron chi connectivity index (χ0n) is 19.1. The topological polar surface area (TPSA) is 48.0 Å². The Kier molecular flexibility index (Phi) is 8.97. The standard InChI is InChI=1S/C24H40N4O2/c1-4-26-15-17-28(18-16-26)24(29)21-6-8-23(9-7-21)27-13-10-22(11-14-27)25-12-5-19-30-20(2)3/h6-9,20,22,25H,4-5,10-19H2,1-3H3. The van der Waals surface area contributed by atoms with Gasteiger partial charge in [-0.3, -0.25) is 4.79 Å². The number of carbonyl (C=O) groups is 1. The van der Waals surface area contributed by atoms with Crippen LogP contribution in [0.4, 0.5) is 5.69 Å². The van der Waals surface area contributed by atoms with E-state index in [1.807, 2.05) is 17.0 Å². The summed E-state index contributed by atoms with van der Waals surface area (Å²) in [5, 5.41) is 3.67. The minimum Gasteiger partial charge on any atom is -0.379 e. The second kappa shape index (κ2) is 11.7. The molecular weight excluding hydrogens is 376 g/mol. The van der Waals surface area contributed by atoms with Crippen molar-refractivity contribution in [3.05, 3.63) is 29.8 Å². The Labute approximate surface area is 182 Å². The molecule has 0 atom stereocenters. The molecule has 0 bridgehead atoms. The zero-order valence-corrected chi connectivity index (χ0v) is 19.1. The van der Waals surface area contributed by atoms with Crippen molar-refractivity contribution in [3.63, 3.8) is 0 Å². The third kappa shape index (κ3) is 6.69. The number of amides is 1. The van der Waals surface area contributed by atoms with Crippen molar-refractivity contribution < 1.29 is 9.53 Å². The van der Waals surface area contributed by atoms with E-state index in [1.165, 1.54) is 5.69 Å². The third-order valence-corrected chi connectivity index (χ3v) is 6.29. The number of piperazine rings is 1. The minimum atomic E-state index is 0.168. The van der Waals surface area contributed by atoms with E-state index in [9.17, 15) is 4.79 Å². The number of piperidine rings is 1. The quantitative estimate of drug-likeness (QED) is 0.628. The molecule has 1 amide bonds. The highest BCUT2D eigenvalue weighted by atomic mass is 16.5. The second-order valence-corrected chi connectivity index (χ2v) is 8.76. The molecule has 3 rings (SSSR count). The van der Waals surface area contributed by atoms with Gasteiger partial charge in [0.1, 0.15) is 0 Å². The number of ether oxygens (including phenoxy) is 1. The molecule has 30 heavy (non-hydrogen) atoms. The Morgan fingerprint density at radius 2 is 1.73 bits per heavy atom. The summed E-state index contributed by atoms with van der Waals surface area (Å²) in [7, 11) is 0. The van der Waals surface area contributed by atoms with E-state index in [0.717, 1.165) is 83.8 Å². The van der Waals surface area contributed by atoms with Crippen LogP contribution in [-0.2, 0) is 4.74 Å². The van der Waals surface area contributed by atoms with Gasteiger partial charge >= 0.3 is 0 Å². The maximum Gasteiger partial charge on any atom is 0.253 e. The number of anilines is 1. The predicted octanol–water partition coefficient (Wildman–Crippen LogP) is 2.84. The number of benzene rings is 1. The van der Waals surface area contributed by atoms with E-state index in [0.29, 0.717) is 12.1 Å². The lowest BCUT2D eigenvalue weighted by atomic mass is 10.0. The molecule has 0 aromatic heterocycles. The van der Waals surface area contributed by atoms with E-state index < -0.39 is 0 Å².